The van der Waals surface area contributed by atoms with E-state index >= 15 is 0 Å². The zero-order valence-corrected chi connectivity index (χ0v) is 13.0. The number of rotatable bonds is 7. The van der Waals surface area contributed by atoms with Crippen LogP contribution in [-0.4, -0.2) is 29.9 Å². The maximum Gasteiger partial charge on any atom is 0.118 e. The Morgan fingerprint density at radius 2 is 1.68 bits per heavy atom. The summed E-state index contributed by atoms with van der Waals surface area (Å²) in [5.41, 5.74) is 2.02. The Morgan fingerprint density at radius 3 is 2.27 bits per heavy atom. The van der Waals surface area contributed by atoms with E-state index in [4.69, 9.17) is 4.74 Å². The predicted octanol–water partition coefficient (Wildman–Crippen LogP) is 2.66. The molecule has 0 saturated heterocycles. The highest BCUT2D eigenvalue weighted by atomic mass is 16.5. The lowest BCUT2D eigenvalue weighted by Gasteiger charge is -2.20. The number of aliphatic hydroxyl groups excluding tert-OH is 1. The van der Waals surface area contributed by atoms with Crippen molar-refractivity contribution in [3.63, 3.8) is 0 Å². The maximum atomic E-state index is 10.3. The molecular formula is C18H23NO3. The second-order valence-corrected chi connectivity index (χ2v) is 5.38. The summed E-state index contributed by atoms with van der Waals surface area (Å²) in [7, 11) is 1.66. The molecule has 0 spiro atoms. The summed E-state index contributed by atoms with van der Waals surface area (Å²) in [6.45, 7) is 2.73. The molecule has 0 amide bonds. The summed E-state index contributed by atoms with van der Waals surface area (Å²) >= 11 is 0. The number of phenolic OH excluding ortho intramolecular Hbond substituents is 1. The normalized spacial score (nSPS) is 13.6. The van der Waals surface area contributed by atoms with E-state index in [1.165, 1.54) is 5.56 Å². The van der Waals surface area contributed by atoms with Gasteiger partial charge in [-0.3, -0.25) is 0 Å². The molecule has 0 bridgehead atoms. The molecule has 4 nitrogen and oxygen atoms in total. The van der Waals surface area contributed by atoms with Crippen LogP contribution in [0.15, 0.2) is 48.5 Å². The third kappa shape index (κ3) is 4.48. The van der Waals surface area contributed by atoms with E-state index in [-0.39, 0.29) is 11.8 Å². The van der Waals surface area contributed by atoms with Gasteiger partial charge in [-0.2, -0.15) is 0 Å². The molecule has 118 valence electrons. The van der Waals surface area contributed by atoms with Crippen LogP contribution in [0.3, 0.4) is 0 Å². The van der Waals surface area contributed by atoms with Gasteiger partial charge in [0.25, 0.3) is 0 Å². The first-order valence-electron chi connectivity index (χ1n) is 7.43. The fourth-order valence-electron chi connectivity index (χ4n) is 2.31. The molecule has 0 saturated carbocycles. The lowest BCUT2D eigenvalue weighted by atomic mass is 10.0. The fourth-order valence-corrected chi connectivity index (χ4v) is 2.31. The third-order valence-corrected chi connectivity index (χ3v) is 3.75. The molecule has 0 aromatic heterocycles. The van der Waals surface area contributed by atoms with Crippen LogP contribution in [0.4, 0.5) is 0 Å². The van der Waals surface area contributed by atoms with Crippen molar-refractivity contribution >= 4 is 0 Å². The monoisotopic (exact) mass is 301 g/mol. The molecule has 2 aromatic carbocycles. The van der Waals surface area contributed by atoms with Gasteiger partial charge in [0.05, 0.1) is 13.2 Å². The number of aliphatic hydroxyl groups is 1. The van der Waals surface area contributed by atoms with E-state index in [2.05, 4.69) is 5.32 Å². The molecule has 0 fully saturated rings. The van der Waals surface area contributed by atoms with E-state index in [0.29, 0.717) is 0 Å². The number of aromatic hydroxyl groups is 1. The fraction of sp³-hybridized carbons (Fsp3) is 0.333. The average Bonchev–Trinajstić information content (AvgIpc) is 2.55. The van der Waals surface area contributed by atoms with Gasteiger partial charge in [-0.05, 0) is 55.3 Å². The first-order chi connectivity index (χ1) is 10.6. The van der Waals surface area contributed by atoms with Crippen molar-refractivity contribution in [2.45, 2.75) is 25.5 Å². The largest absolute Gasteiger partial charge is 0.508 e. The summed E-state index contributed by atoms with van der Waals surface area (Å²) in [4.78, 5) is 0. The third-order valence-electron chi connectivity index (χ3n) is 3.75. The van der Waals surface area contributed by atoms with E-state index in [1.54, 1.807) is 31.4 Å². The summed E-state index contributed by atoms with van der Waals surface area (Å²) in [5, 5.41) is 22.9. The SMILES string of the molecule is COc1ccc(CCN[C@@H](C)[C@H](O)c2ccc(O)cc2)cc1. The molecule has 3 N–H and O–H groups in total. The van der Waals surface area contributed by atoms with Crippen LogP contribution >= 0.6 is 0 Å². The van der Waals surface area contributed by atoms with Crippen molar-refractivity contribution in [2.75, 3.05) is 13.7 Å². The van der Waals surface area contributed by atoms with Crippen molar-refractivity contribution in [2.24, 2.45) is 0 Å². The summed E-state index contributed by atoms with van der Waals surface area (Å²) < 4.78 is 5.13. The zero-order chi connectivity index (χ0) is 15.9. The Balaban J connectivity index is 1.81. The second-order valence-electron chi connectivity index (χ2n) is 5.38. The van der Waals surface area contributed by atoms with Gasteiger partial charge in [0.2, 0.25) is 0 Å². The van der Waals surface area contributed by atoms with Gasteiger partial charge in [0, 0.05) is 6.04 Å². The van der Waals surface area contributed by atoms with Gasteiger partial charge in [-0.1, -0.05) is 24.3 Å². The molecule has 2 aromatic rings. The van der Waals surface area contributed by atoms with Gasteiger partial charge in [-0.15, -0.1) is 0 Å². The molecule has 0 radical (unpaired) electrons. The number of hydrogen-bond donors (Lipinski definition) is 3. The topological polar surface area (TPSA) is 61.7 Å². The van der Waals surface area contributed by atoms with Crippen LogP contribution in [0.25, 0.3) is 0 Å². The summed E-state index contributed by atoms with van der Waals surface area (Å²) in [6, 6.07) is 14.6. The van der Waals surface area contributed by atoms with Gasteiger partial charge >= 0.3 is 0 Å². The van der Waals surface area contributed by atoms with Gasteiger partial charge in [0.15, 0.2) is 0 Å². The Kier molecular flexibility index (Phi) is 5.81. The van der Waals surface area contributed by atoms with Crippen molar-refractivity contribution in [1.82, 2.24) is 5.32 Å². The highest BCUT2D eigenvalue weighted by molar-refractivity contribution is 5.28. The van der Waals surface area contributed by atoms with Crippen LogP contribution in [0, 0.1) is 0 Å². The first kappa shape index (κ1) is 16.3. The number of phenols is 1. The molecular weight excluding hydrogens is 278 g/mol. The highest BCUT2D eigenvalue weighted by Gasteiger charge is 2.15. The molecule has 0 unspecified atom stereocenters. The van der Waals surface area contributed by atoms with Crippen LogP contribution in [0.5, 0.6) is 11.5 Å². The molecule has 22 heavy (non-hydrogen) atoms. The summed E-state index contributed by atoms with van der Waals surface area (Å²) in [5.74, 6) is 1.06. The standard InChI is InChI=1S/C18H23NO3/c1-13(18(21)15-5-7-16(20)8-6-15)19-12-11-14-3-9-17(22-2)10-4-14/h3-10,13,18-21H,11-12H2,1-2H3/t13-,18-/m0/s1. The predicted molar refractivity (Wildman–Crippen MR) is 87.2 cm³/mol. The smallest absolute Gasteiger partial charge is 0.118 e. The maximum absolute atomic E-state index is 10.3. The Morgan fingerprint density at radius 1 is 1.05 bits per heavy atom. The number of nitrogens with one attached hydrogen (secondary N) is 1. The van der Waals surface area contributed by atoms with Crippen molar-refractivity contribution < 1.29 is 14.9 Å². The first-order valence-corrected chi connectivity index (χ1v) is 7.43. The van der Waals surface area contributed by atoms with Crippen molar-refractivity contribution in [1.29, 1.82) is 0 Å². The van der Waals surface area contributed by atoms with Crippen molar-refractivity contribution in [3.05, 3.63) is 59.7 Å². The molecule has 2 rings (SSSR count). The Hall–Kier alpha value is -2.04. The van der Waals surface area contributed by atoms with Crippen LogP contribution in [-0.2, 0) is 6.42 Å². The molecule has 0 aliphatic carbocycles. The van der Waals surface area contributed by atoms with E-state index in [9.17, 15) is 10.2 Å². The van der Waals surface area contributed by atoms with Gasteiger partial charge < -0.3 is 20.3 Å². The van der Waals surface area contributed by atoms with Gasteiger partial charge in [0.1, 0.15) is 11.5 Å². The van der Waals surface area contributed by atoms with E-state index in [0.717, 1.165) is 24.3 Å². The van der Waals surface area contributed by atoms with Crippen LogP contribution in [0.2, 0.25) is 0 Å². The zero-order valence-electron chi connectivity index (χ0n) is 13.0. The quantitative estimate of drug-likeness (QED) is 0.736. The number of methoxy groups -OCH3 is 1. The minimum atomic E-state index is -0.600. The Labute approximate surface area is 131 Å². The second kappa shape index (κ2) is 7.82. The van der Waals surface area contributed by atoms with Gasteiger partial charge in [-0.25, -0.2) is 0 Å². The minimum Gasteiger partial charge on any atom is -0.508 e. The molecule has 0 aliphatic rings. The van der Waals surface area contributed by atoms with Crippen LogP contribution in [0.1, 0.15) is 24.2 Å². The van der Waals surface area contributed by atoms with E-state index < -0.39 is 6.10 Å². The average molecular weight is 301 g/mol. The number of ether oxygens (including phenoxy) is 1. The highest BCUT2D eigenvalue weighted by Crippen LogP contribution is 2.19. The lowest BCUT2D eigenvalue weighted by molar-refractivity contribution is 0.136. The van der Waals surface area contributed by atoms with Crippen LogP contribution < -0.4 is 10.1 Å². The van der Waals surface area contributed by atoms with Crippen molar-refractivity contribution in [3.8, 4) is 11.5 Å². The molecule has 4 heteroatoms. The lowest BCUT2D eigenvalue weighted by Crippen LogP contribution is -2.33. The minimum absolute atomic E-state index is 0.0669. The van der Waals surface area contributed by atoms with E-state index in [1.807, 2.05) is 31.2 Å². The molecule has 0 aliphatic heterocycles. The summed E-state index contributed by atoms with van der Waals surface area (Å²) in [6.07, 6.45) is 0.285. The number of hydrogen-bond acceptors (Lipinski definition) is 4. The molecule has 0 heterocycles. The number of benzene rings is 2. The Bertz CT molecular complexity index is 566. The molecule has 2 atom stereocenters.